The highest BCUT2D eigenvalue weighted by Gasteiger charge is 2.76. The summed E-state index contributed by atoms with van der Waals surface area (Å²) in [4.78, 5) is 0. The standard InChI is InChI=1S/C26H46O2Si/c1-10-23(5)16-19(27)24(6)17-26-14-11-12-20(28-29(8,9)22(2,3)4)25(26,7)15-13-18(26)21(23)24/h10,18-21,27H,1,11-17H2,2-9H3/t18-,19?,20-,21+,23-,24-,25-,26+/m0/s1. The van der Waals surface area contributed by atoms with Gasteiger partial charge in [0.1, 0.15) is 0 Å². The van der Waals surface area contributed by atoms with E-state index in [1.807, 2.05) is 0 Å². The summed E-state index contributed by atoms with van der Waals surface area (Å²) in [7, 11) is -1.81. The lowest BCUT2D eigenvalue weighted by atomic mass is 9.54. The molecule has 3 heteroatoms. The second-order valence-corrected chi connectivity index (χ2v) is 18.3. The minimum atomic E-state index is -1.81. The smallest absolute Gasteiger partial charge is 0.192 e. The van der Waals surface area contributed by atoms with Gasteiger partial charge in [0, 0.05) is 0 Å². The lowest BCUT2D eigenvalue weighted by Gasteiger charge is -2.56. The van der Waals surface area contributed by atoms with E-state index in [0.29, 0.717) is 23.4 Å². The molecular weight excluding hydrogens is 372 g/mol. The van der Waals surface area contributed by atoms with Crippen molar-refractivity contribution in [2.24, 2.45) is 33.5 Å². The van der Waals surface area contributed by atoms with Crippen molar-refractivity contribution in [1.82, 2.24) is 0 Å². The van der Waals surface area contributed by atoms with Gasteiger partial charge in [0.15, 0.2) is 8.32 Å². The van der Waals surface area contributed by atoms with E-state index < -0.39 is 8.32 Å². The monoisotopic (exact) mass is 418 g/mol. The summed E-state index contributed by atoms with van der Waals surface area (Å²) >= 11 is 0. The number of hydrogen-bond donors (Lipinski definition) is 1. The molecule has 0 bridgehead atoms. The summed E-state index contributed by atoms with van der Waals surface area (Å²) in [5, 5.41) is 11.5. The fraction of sp³-hybridized carbons (Fsp3) is 0.923. The summed E-state index contributed by atoms with van der Waals surface area (Å²) in [6, 6.07) is 0. The highest BCUT2D eigenvalue weighted by atomic mass is 28.4. The Labute approximate surface area is 181 Å². The van der Waals surface area contributed by atoms with Gasteiger partial charge in [-0.15, -0.1) is 6.58 Å². The Morgan fingerprint density at radius 2 is 1.76 bits per heavy atom. The molecule has 4 aliphatic rings. The molecule has 1 N–H and O–H groups in total. The number of hydrogen-bond acceptors (Lipinski definition) is 2. The molecule has 0 radical (unpaired) electrons. The van der Waals surface area contributed by atoms with Crippen LogP contribution < -0.4 is 0 Å². The van der Waals surface area contributed by atoms with Crippen molar-refractivity contribution in [3.63, 3.8) is 0 Å². The summed E-state index contributed by atoms with van der Waals surface area (Å²) in [6.07, 6.45) is 10.9. The Bertz CT molecular complexity index is 695. The van der Waals surface area contributed by atoms with E-state index >= 15 is 0 Å². The predicted octanol–water partition coefficient (Wildman–Crippen LogP) is 6.95. The Morgan fingerprint density at radius 1 is 1.10 bits per heavy atom. The van der Waals surface area contributed by atoms with Crippen LogP contribution >= 0.6 is 0 Å². The van der Waals surface area contributed by atoms with Gasteiger partial charge in [-0.1, -0.05) is 54.0 Å². The van der Waals surface area contributed by atoms with Gasteiger partial charge in [0.05, 0.1) is 12.2 Å². The van der Waals surface area contributed by atoms with Crippen molar-refractivity contribution in [3.05, 3.63) is 12.7 Å². The molecule has 1 unspecified atom stereocenters. The number of fused-ring (bicyclic) bond motifs is 2. The summed E-state index contributed by atoms with van der Waals surface area (Å²) < 4.78 is 7.18. The van der Waals surface area contributed by atoms with E-state index in [4.69, 9.17) is 4.43 Å². The SMILES string of the molecule is C=C[C@@]1(C)CC(O)[C@]2(C)C[C@@]34CCC[C@H](O[Si](C)(C)C(C)(C)C)[C@]3(C)CC[C@H]4[C@H]12. The Kier molecular flexibility index (Phi) is 4.74. The molecule has 4 saturated carbocycles. The molecule has 0 amide bonds. The summed E-state index contributed by atoms with van der Waals surface area (Å²) in [5.41, 5.74) is 0.693. The van der Waals surface area contributed by atoms with Crippen molar-refractivity contribution in [2.75, 3.05) is 0 Å². The third kappa shape index (κ3) is 2.65. The number of aliphatic hydroxyl groups excluding tert-OH is 1. The quantitative estimate of drug-likeness (QED) is 0.397. The number of allylic oxidation sites excluding steroid dienone is 1. The van der Waals surface area contributed by atoms with E-state index in [2.05, 4.69) is 67.3 Å². The summed E-state index contributed by atoms with van der Waals surface area (Å²) in [6.45, 7) is 23.5. The molecule has 0 aromatic carbocycles. The Morgan fingerprint density at radius 3 is 2.34 bits per heavy atom. The second-order valence-electron chi connectivity index (χ2n) is 13.6. The molecule has 0 aliphatic heterocycles. The third-order valence-corrected chi connectivity index (χ3v) is 15.7. The van der Waals surface area contributed by atoms with Gasteiger partial charge in [-0.2, -0.15) is 0 Å². The van der Waals surface area contributed by atoms with Crippen LogP contribution in [0.2, 0.25) is 18.1 Å². The van der Waals surface area contributed by atoms with Gasteiger partial charge in [-0.25, -0.2) is 0 Å². The van der Waals surface area contributed by atoms with Crippen LogP contribution in [0, 0.1) is 33.5 Å². The first kappa shape index (κ1) is 22.1. The molecule has 4 rings (SSSR count). The van der Waals surface area contributed by atoms with Gasteiger partial charge in [-0.3, -0.25) is 0 Å². The molecule has 0 aromatic rings. The largest absolute Gasteiger partial charge is 0.413 e. The lowest BCUT2D eigenvalue weighted by Crippen LogP contribution is -2.55. The fourth-order valence-corrected chi connectivity index (χ4v) is 10.1. The number of aliphatic hydroxyl groups is 1. The van der Waals surface area contributed by atoms with Crippen LogP contribution in [0.3, 0.4) is 0 Å². The average Bonchev–Trinajstić information content (AvgIpc) is 3.09. The zero-order valence-electron chi connectivity index (χ0n) is 20.4. The van der Waals surface area contributed by atoms with Gasteiger partial charge in [0.2, 0.25) is 0 Å². The number of rotatable bonds is 3. The van der Waals surface area contributed by atoms with Crippen LogP contribution in [0.15, 0.2) is 12.7 Å². The molecular formula is C26H46O2Si. The van der Waals surface area contributed by atoms with Gasteiger partial charge in [-0.05, 0) is 90.2 Å². The first-order valence-electron chi connectivity index (χ1n) is 12.2. The minimum absolute atomic E-state index is 0.0359. The molecule has 1 spiro atoms. The molecule has 4 aliphatic carbocycles. The van der Waals surface area contributed by atoms with Gasteiger partial charge >= 0.3 is 0 Å². The average molecular weight is 419 g/mol. The maximum atomic E-state index is 11.2. The Hall–Kier alpha value is -0.123. The van der Waals surface area contributed by atoms with E-state index in [1.54, 1.807) is 0 Å². The predicted molar refractivity (Wildman–Crippen MR) is 124 cm³/mol. The highest BCUT2D eigenvalue weighted by Crippen LogP contribution is 2.80. The molecule has 0 aromatic heterocycles. The minimum Gasteiger partial charge on any atom is -0.413 e. The maximum absolute atomic E-state index is 11.2. The van der Waals surface area contributed by atoms with E-state index in [-0.39, 0.29) is 27.4 Å². The first-order valence-corrected chi connectivity index (χ1v) is 15.1. The van der Waals surface area contributed by atoms with Crippen LogP contribution in [0.5, 0.6) is 0 Å². The molecule has 8 atom stereocenters. The van der Waals surface area contributed by atoms with Crippen LogP contribution in [0.1, 0.15) is 86.5 Å². The topological polar surface area (TPSA) is 29.5 Å². The fourth-order valence-electron chi connectivity index (χ4n) is 8.68. The molecule has 0 saturated heterocycles. The van der Waals surface area contributed by atoms with E-state index in [0.717, 1.165) is 6.42 Å². The van der Waals surface area contributed by atoms with Crippen molar-refractivity contribution >= 4 is 8.32 Å². The summed E-state index contributed by atoms with van der Waals surface area (Å²) in [5.74, 6) is 1.28. The van der Waals surface area contributed by atoms with E-state index in [1.165, 1.54) is 38.5 Å². The van der Waals surface area contributed by atoms with Crippen LogP contribution in [0.25, 0.3) is 0 Å². The highest BCUT2D eigenvalue weighted by molar-refractivity contribution is 6.74. The van der Waals surface area contributed by atoms with Crippen LogP contribution in [0.4, 0.5) is 0 Å². The molecule has 166 valence electrons. The van der Waals surface area contributed by atoms with Gasteiger partial charge < -0.3 is 9.53 Å². The lowest BCUT2D eigenvalue weighted by molar-refractivity contribution is -0.0963. The molecule has 0 heterocycles. The zero-order chi connectivity index (χ0) is 21.7. The van der Waals surface area contributed by atoms with Crippen LogP contribution in [-0.4, -0.2) is 25.6 Å². The molecule has 4 fully saturated rings. The zero-order valence-corrected chi connectivity index (χ0v) is 21.4. The second kappa shape index (κ2) is 6.22. The Balaban J connectivity index is 1.73. The van der Waals surface area contributed by atoms with Crippen molar-refractivity contribution in [3.8, 4) is 0 Å². The van der Waals surface area contributed by atoms with Crippen molar-refractivity contribution in [1.29, 1.82) is 0 Å². The first-order chi connectivity index (χ1) is 13.2. The van der Waals surface area contributed by atoms with Crippen molar-refractivity contribution < 1.29 is 9.53 Å². The van der Waals surface area contributed by atoms with Crippen LogP contribution in [-0.2, 0) is 4.43 Å². The molecule has 29 heavy (non-hydrogen) atoms. The van der Waals surface area contributed by atoms with E-state index in [9.17, 15) is 5.11 Å². The molecule has 2 nitrogen and oxygen atoms in total. The third-order valence-electron chi connectivity index (χ3n) is 11.2. The maximum Gasteiger partial charge on any atom is 0.192 e. The normalized spacial score (nSPS) is 52.2. The van der Waals surface area contributed by atoms with Crippen molar-refractivity contribution in [2.45, 2.75) is 117 Å². The van der Waals surface area contributed by atoms with Gasteiger partial charge in [0.25, 0.3) is 0 Å².